The van der Waals surface area contributed by atoms with Crippen LogP contribution in [0.25, 0.3) is 0 Å². The van der Waals surface area contributed by atoms with Crippen LogP contribution in [0.2, 0.25) is 5.02 Å². The van der Waals surface area contributed by atoms with Crippen LogP contribution in [0, 0.1) is 0 Å². The van der Waals surface area contributed by atoms with Gasteiger partial charge in [-0.1, -0.05) is 25.4 Å². The first-order valence-electron chi connectivity index (χ1n) is 6.43. The summed E-state index contributed by atoms with van der Waals surface area (Å²) in [6.07, 6.45) is 0.716. The van der Waals surface area contributed by atoms with Gasteiger partial charge >= 0.3 is 0 Å². The molecule has 0 unspecified atom stereocenters. The van der Waals surface area contributed by atoms with E-state index in [1.54, 1.807) is 0 Å². The monoisotopic (exact) mass is 320 g/mol. The van der Waals surface area contributed by atoms with Gasteiger partial charge in [-0.05, 0) is 25.1 Å². The summed E-state index contributed by atoms with van der Waals surface area (Å²) in [4.78, 5) is 0.0984. The van der Waals surface area contributed by atoms with E-state index in [4.69, 9.17) is 16.3 Å². The fourth-order valence-electron chi connectivity index (χ4n) is 1.63. The minimum atomic E-state index is -3.58. The van der Waals surface area contributed by atoms with E-state index >= 15 is 0 Å². The zero-order valence-corrected chi connectivity index (χ0v) is 13.5. The number of sulfonamides is 1. The lowest BCUT2D eigenvalue weighted by Crippen LogP contribution is -2.30. The first-order chi connectivity index (χ1) is 9.36. The van der Waals surface area contributed by atoms with Gasteiger partial charge in [-0.25, -0.2) is 13.1 Å². The third-order valence-corrected chi connectivity index (χ3v) is 4.35. The Morgan fingerprint density at radius 2 is 2.00 bits per heavy atom. The highest BCUT2D eigenvalue weighted by Gasteiger charge is 2.18. The second kappa shape index (κ2) is 7.83. The van der Waals surface area contributed by atoms with E-state index in [9.17, 15) is 8.42 Å². The molecule has 0 heterocycles. The van der Waals surface area contributed by atoms with Crippen LogP contribution in [0.5, 0.6) is 5.75 Å². The molecular formula is C13H21ClN2O3S. The highest BCUT2D eigenvalue weighted by molar-refractivity contribution is 7.89. The molecular weight excluding hydrogens is 300 g/mol. The van der Waals surface area contributed by atoms with Crippen molar-refractivity contribution in [2.75, 3.05) is 20.2 Å². The van der Waals surface area contributed by atoms with Crippen LogP contribution < -0.4 is 14.8 Å². The Hall–Kier alpha value is -0.820. The van der Waals surface area contributed by atoms with E-state index in [1.807, 2.05) is 13.8 Å². The van der Waals surface area contributed by atoms with Crippen LogP contribution in [-0.4, -0.2) is 34.7 Å². The number of hydrogen-bond acceptors (Lipinski definition) is 4. The van der Waals surface area contributed by atoms with Crippen molar-refractivity contribution in [2.24, 2.45) is 0 Å². The summed E-state index contributed by atoms with van der Waals surface area (Å²) < 4.78 is 31.9. The number of rotatable bonds is 8. The molecule has 20 heavy (non-hydrogen) atoms. The molecule has 0 aromatic heterocycles. The van der Waals surface area contributed by atoms with Gasteiger partial charge in [0.2, 0.25) is 10.0 Å². The minimum absolute atomic E-state index is 0.0984. The molecule has 0 bridgehead atoms. The van der Waals surface area contributed by atoms with E-state index in [0.717, 1.165) is 6.54 Å². The standard InChI is InChI=1S/C13H21ClN2O3S/c1-10(2)15-7-4-8-16-20(17,18)13-6-5-11(14)9-12(13)19-3/h5-6,9-10,15-16H,4,7-8H2,1-3H3. The smallest absolute Gasteiger partial charge is 0.244 e. The van der Waals surface area contributed by atoms with Gasteiger partial charge in [0.15, 0.2) is 0 Å². The fourth-order valence-corrected chi connectivity index (χ4v) is 3.01. The lowest BCUT2D eigenvalue weighted by molar-refractivity contribution is 0.402. The van der Waals surface area contributed by atoms with Crippen LogP contribution >= 0.6 is 11.6 Å². The Morgan fingerprint density at radius 3 is 2.60 bits per heavy atom. The lowest BCUT2D eigenvalue weighted by Gasteiger charge is -2.12. The number of methoxy groups -OCH3 is 1. The minimum Gasteiger partial charge on any atom is -0.495 e. The Balaban J connectivity index is 2.65. The predicted molar refractivity (Wildman–Crippen MR) is 80.9 cm³/mol. The van der Waals surface area contributed by atoms with Crippen LogP contribution in [-0.2, 0) is 10.0 Å². The van der Waals surface area contributed by atoms with Gasteiger partial charge in [0.25, 0.3) is 0 Å². The van der Waals surface area contributed by atoms with E-state index < -0.39 is 10.0 Å². The first-order valence-corrected chi connectivity index (χ1v) is 8.29. The summed E-state index contributed by atoms with van der Waals surface area (Å²) in [5, 5.41) is 3.66. The third kappa shape index (κ3) is 5.28. The molecule has 0 aliphatic heterocycles. The predicted octanol–water partition coefficient (Wildman–Crippen LogP) is 2.01. The third-order valence-electron chi connectivity index (χ3n) is 2.61. The number of hydrogen-bond donors (Lipinski definition) is 2. The SMILES string of the molecule is COc1cc(Cl)ccc1S(=O)(=O)NCCCNC(C)C. The molecule has 5 nitrogen and oxygen atoms in total. The molecule has 7 heteroatoms. The van der Waals surface area contributed by atoms with Gasteiger partial charge in [-0.15, -0.1) is 0 Å². The van der Waals surface area contributed by atoms with Gasteiger partial charge in [0.05, 0.1) is 7.11 Å². The Bertz CT molecular complexity index is 532. The summed E-state index contributed by atoms with van der Waals surface area (Å²) >= 11 is 5.82. The second-order valence-electron chi connectivity index (χ2n) is 4.66. The van der Waals surface area contributed by atoms with E-state index in [2.05, 4.69) is 10.0 Å². The van der Waals surface area contributed by atoms with Crippen LogP contribution in [0.4, 0.5) is 0 Å². The van der Waals surface area contributed by atoms with Gasteiger partial charge < -0.3 is 10.1 Å². The number of benzene rings is 1. The molecule has 0 spiro atoms. The Morgan fingerprint density at radius 1 is 1.30 bits per heavy atom. The molecule has 1 rings (SSSR count). The summed E-state index contributed by atoms with van der Waals surface area (Å²) in [7, 11) is -2.17. The molecule has 0 fully saturated rings. The van der Waals surface area contributed by atoms with Gasteiger partial charge in [-0.3, -0.25) is 0 Å². The first kappa shape index (κ1) is 17.2. The van der Waals surface area contributed by atoms with Crippen LogP contribution in [0.15, 0.2) is 23.1 Å². The summed E-state index contributed by atoms with van der Waals surface area (Å²) in [5.41, 5.74) is 0. The van der Waals surface area contributed by atoms with Crippen molar-refractivity contribution in [3.05, 3.63) is 23.2 Å². The highest BCUT2D eigenvalue weighted by atomic mass is 35.5. The maximum atomic E-state index is 12.2. The average Bonchev–Trinajstić information content (AvgIpc) is 2.37. The van der Waals surface area contributed by atoms with Crippen LogP contribution in [0.1, 0.15) is 20.3 Å². The molecule has 0 radical (unpaired) electrons. The van der Waals surface area contributed by atoms with E-state index in [1.165, 1.54) is 25.3 Å². The van der Waals surface area contributed by atoms with Crippen molar-refractivity contribution in [1.82, 2.24) is 10.0 Å². The highest BCUT2D eigenvalue weighted by Crippen LogP contribution is 2.26. The maximum Gasteiger partial charge on any atom is 0.244 e. The average molecular weight is 321 g/mol. The molecule has 0 aliphatic carbocycles. The molecule has 114 valence electrons. The molecule has 1 aromatic carbocycles. The van der Waals surface area contributed by atoms with E-state index in [0.29, 0.717) is 24.0 Å². The Labute approximate surface area is 125 Å². The number of nitrogens with one attached hydrogen (secondary N) is 2. The van der Waals surface area contributed by atoms with Crippen molar-refractivity contribution in [3.8, 4) is 5.75 Å². The molecule has 0 amide bonds. The quantitative estimate of drug-likeness (QED) is 0.719. The molecule has 0 saturated carbocycles. The van der Waals surface area contributed by atoms with Crippen molar-refractivity contribution in [1.29, 1.82) is 0 Å². The van der Waals surface area contributed by atoms with Gasteiger partial charge in [-0.2, -0.15) is 0 Å². The normalized spacial score (nSPS) is 11.8. The molecule has 0 aliphatic rings. The topological polar surface area (TPSA) is 67.4 Å². The molecule has 0 saturated heterocycles. The summed E-state index contributed by atoms with van der Waals surface area (Å²) in [5.74, 6) is 0.241. The summed E-state index contributed by atoms with van der Waals surface area (Å²) in [6, 6.07) is 4.84. The van der Waals surface area contributed by atoms with E-state index in [-0.39, 0.29) is 10.6 Å². The zero-order valence-electron chi connectivity index (χ0n) is 11.9. The second-order valence-corrected chi connectivity index (χ2v) is 6.83. The molecule has 2 N–H and O–H groups in total. The van der Waals surface area contributed by atoms with Crippen molar-refractivity contribution in [3.63, 3.8) is 0 Å². The van der Waals surface area contributed by atoms with Crippen molar-refractivity contribution in [2.45, 2.75) is 31.2 Å². The Kier molecular flexibility index (Phi) is 6.75. The molecule has 1 aromatic rings. The van der Waals surface area contributed by atoms with Crippen LogP contribution in [0.3, 0.4) is 0 Å². The zero-order chi connectivity index (χ0) is 15.2. The van der Waals surface area contributed by atoms with Crippen molar-refractivity contribution < 1.29 is 13.2 Å². The fraction of sp³-hybridized carbons (Fsp3) is 0.538. The van der Waals surface area contributed by atoms with Crippen molar-refractivity contribution >= 4 is 21.6 Å². The number of halogens is 1. The lowest BCUT2D eigenvalue weighted by atomic mass is 10.3. The largest absolute Gasteiger partial charge is 0.495 e. The van der Waals surface area contributed by atoms with Gasteiger partial charge in [0, 0.05) is 23.7 Å². The van der Waals surface area contributed by atoms with Gasteiger partial charge in [0.1, 0.15) is 10.6 Å². The maximum absolute atomic E-state index is 12.2. The number of ether oxygens (including phenoxy) is 1. The molecule has 0 atom stereocenters. The summed E-state index contributed by atoms with van der Waals surface area (Å²) in [6.45, 7) is 5.22.